The van der Waals surface area contributed by atoms with E-state index in [1.807, 2.05) is 72.9 Å². The van der Waals surface area contributed by atoms with Gasteiger partial charge in [0.05, 0.1) is 4.90 Å². The minimum atomic E-state index is -4.86. The van der Waals surface area contributed by atoms with Crippen LogP contribution in [0, 0.1) is 0 Å². The van der Waals surface area contributed by atoms with Gasteiger partial charge >= 0.3 is 6.36 Å². The van der Waals surface area contributed by atoms with E-state index in [0.717, 1.165) is 51.9 Å². The Morgan fingerprint density at radius 1 is 0.811 bits per heavy atom. The molecule has 0 aliphatic rings. The molecule has 0 saturated carbocycles. The molecule has 0 fully saturated rings. The van der Waals surface area contributed by atoms with Crippen LogP contribution in [0.5, 0.6) is 5.75 Å². The van der Waals surface area contributed by atoms with E-state index in [1.165, 1.54) is 0 Å². The number of fused-ring (bicyclic) bond motifs is 1. The zero-order chi connectivity index (χ0) is 26.0. The molecule has 4 aromatic carbocycles. The van der Waals surface area contributed by atoms with Gasteiger partial charge in [0.25, 0.3) is 10.0 Å². The van der Waals surface area contributed by atoms with Gasteiger partial charge in [-0.2, -0.15) is 0 Å². The van der Waals surface area contributed by atoms with Gasteiger partial charge in [-0.1, -0.05) is 60.7 Å². The van der Waals surface area contributed by atoms with E-state index >= 15 is 0 Å². The molecule has 0 saturated heterocycles. The Kier molecular flexibility index (Phi) is 6.39. The van der Waals surface area contributed by atoms with Crippen LogP contribution in [0.1, 0.15) is 5.56 Å². The number of nitrogens with zero attached hydrogens (tertiary/aromatic N) is 1. The first-order valence-corrected chi connectivity index (χ1v) is 12.8. The molecule has 1 heterocycles. The van der Waals surface area contributed by atoms with Crippen LogP contribution >= 0.6 is 0 Å². The summed E-state index contributed by atoms with van der Waals surface area (Å²) in [7, 11) is -4.06. The Labute approximate surface area is 211 Å². The molecule has 5 nitrogen and oxygen atoms in total. The van der Waals surface area contributed by atoms with Crippen molar-refractivity contribution < 1.29 is 26.3 Å². The summed E-state index contributed by atoms with van der Waals surface area (Å²) in [6, 6.07) is 29.1. The minimum Gasteiger partial charge on any atom is -0.406 e. The minimum absolute atomic E-state index is 0.188. The van der Waals surface area contributed by atoms with Crippen LogP contribution in [-0.4, -0.2) is 19.3 Å². The van der Waals surface area contributed by atoms with Crippen LogP contribution in [0.4, 0.5) is 18.9 Å². The number of anilines is 1. The average Bonchev–Trinajstić information content (AvgIpc) is 3.22. The Balaban J connectivity index is 1.49. The van der Waals surface area contributed by atoms with Crippen molar-refractivity contribution in [3.05, 3.63) is 115 Å². The summed E-state index contributed by atoms with van der Waals surface area (Å²) in [6.07, 6.45) is -2.81. The van der Waals surface area contributed by atoms with E-state index in [4.69, 9.17) is 0 Å². The highest BCUT2D eigenvalue weighted by Crippen LogP contribution is 2.34. The molecular weight excluding hydrogens is 501 g/mol. The SMILES string of the molecule is O=S(=O)(Nc1ccc2c(c1)c(-c1ccccc1)cn2Cc1ccccc1)c1ccc(OC(F)(F)F)cc1. The number of alkyl halides is 3. The highest BCUT2D eigenvalue weighted by Gasteiger charge is 2.31. The Morgan fingerprint density at radius 2 is 1.46 bits per heavy atom. The molecule has 0 atom stereocenters. The van der Waals surface area contributed by atoms with Crippen molar-refractivity contribution in [2.45, 2.75) is 17.8 Å². The van der Waals surface area contributed by atoms with Crippen LogP contribution in [0.3, 0.4) is 0 Å². The van der Waals surface area contributed by atoms with Crippen molar-refractivity contribution in [1.29, 1.82) is 0 Å². The van der Waals surface area contributed by atoms with Gasteiger partial charge in [0.2, 0.25) is 0 Å². The number of aromatic nitrogens is 1. The second-order valence-corrected chi connectivity index (χ2v) is 10.1. The summed E-state index contributed by atoms with van der Waals surface area (Å²) < 4.78 is 71.6. The molecule has 0 aliphatic heterocycles. The molecule has 0 unspecified atom stereocenters. The molecule has 0 amide bonds. The maximum atomic E-state index is 13.0. The standard InChI is InChI=1S/C28H21F3N2O3S/c29-28(30,31)36-23-12-14-24(15-13-23)37(34,35)32-22-11-16-27-25(17-22)26(21-9-5-2-6-10-21)19-33(27)18-20-7-3-1-4-8-20/h1-17,19,32H,18H2. The molecule has 1 N–H and O–H groups in total. The zero-order valence-electron chi connectivity index (χ0n) is 19.3. The first kappa shape index (κ1) is 24.5. The molecule has 0 radical (unpaired) electrons. The first-order chi connectivity index (χ1) is 17.7. The molecule has 0 spiro atoms. The maximum Gasteiger partial charge on any atom is 0.573 e. The third-order valence-electron chi connectivity index (χ3n) is 5.78. The fraction of sp³-hybridized carbons (Fsp3) is 0.0714. The van der Waals surface area contributed by atoms with Crippen molar-refractivity contribution in [3.8, 4) is 16.9 Å². The molecule has 188 valence electrons. The smallest absolute Gasteiger partial charge is 0.406 e. The Hall–Kier alpha value is -4.24. The second kappa shape index (κ2) is 9.67. The van der Waals surface area contributed by atoms with Crippen molar-refractivity contribution in [3.63, 3.8) is 0 Å². The number of nitrogens with one attached hydrogen (secondary N) is 1. The van der Waals surface area contributed by atoms with Gasteiger partial charge < -0.3 is 9.30 Å². The van der Waals surface area contributed by atoms with E-state index in [9.17, 15) is 21.6 Å². The first-order valence-electron chi connectivity index (χ1n) is 11.3. The number of benzene rings is 4. The van der Waals surface area contributed by atoms with Crippen LogP contribution in [0.2, 0.25) is 0 Å². The van der Waals surface area contributed by atoms with Crippen LogP contribution in [0.15, 0.2) is 114 Å². The number of sulfonamides is 1. The molecule has 0 bridgehead atoms. The zero-order valence-corrected chi connectivity index (χ0v) is 20.1. The van der Waals surface area contributed by atoms with E-state index < -0.39 is 22.1 Å². The Morgan fingerprint density at radius 3 is 2.11 bits per heavy atom. The predicted octanol–water partition coefficient (Wildman–Crippen LogP) is 7.06. The number of rotatable bonds is 7. The summed E-state index contributed by atoms with van der Waals surface area (Å²) in [4.78, 5) is -0.188. The average molecular weight is 523 g/mol. The van der Waals surface area contributed by atoms with Crippen molar-refractivity contribution in [2.24, 2.45) is 0 Å². The molecule has 5 aromatic rings. The summed E-state index contributed by atoms with van der Waals surface area (Å²) in [5.41, 5.74) is 4.32. The van der Waals surface area contributed by atoms with Gasteiger partial charge in [-0.05, 0) is 53.6 Å². The lowest BCUT2D eigenvalue weighted by Gasteiger charge is -2.11. The van der Waals surface area contributed by atoms with E-state index in [2.05, 4.69) is 14.0 Å². The number of halogens is 3. The van der Waals surface area contributed by atoms with Crippen molar-refractivity contribution in [1.82, 2.24) is 4.57 Å². The number of hydrogen-bond donors (Lipinski definition) is 1. The quantitative estimate of drug-likeness (QED) is 0.249. The van der Waals surface area contributed by atoms with Gasteiger partial charge in [-0.3, -0.25) is 4.72 Å². The Bertz CT molecular complexity index is 1630. The van der Waals surface area contributed by atoms with Gasteiger partial charge in [-0.15, -0.1) is 13.2 Å². The molecule has 5 rings (SSSR count). The maximum absolute atomic E-state index is 13.0. The van der Waals surface area contributed by atoms with E-state index in [-0.39, 0.29) is 4.90 Å². The van der Waals surface area contributed by atoms with Crippen LogP contribution in [0.25, 0.3) is 22.0 Å². The number of hydrogen-bond acceptors (Lipinski definition) is 3. The number of ether oxygens (including phenoxy) is 1. The molecular formula is C28H21F3N2O3S. The lowest BCUT2D eigenvalue weighted by molar-refractivity contribution is -0.274. The topological polar surface area (TPSA) is 60.3 Å². The van der Waals surface area contributed by atoms with Crippen molar-refractivity contribution >= 4 is 26.6 Å². The van der Waals surface area contributed by atoms with Crippen LogP contribution < -0.4 is 9.46 Å². The normalized spacial score (nSPS) is 12.0. The summed E-state index contributed by atoms with van der Waals surface area (Å²) in [6.45, 7) is 0.640. The largest absolute Gasteiger partial charge is 0.573 e. The second-order valence-electron chi connectivity index (χ2n) is 8.38. The van der Waals surface area contributed by atoms with Gasteiger partial charge in [0, 0.05) is 34.9 Å². The third kappa shape index (κ3) is 5.62. The highest BCUT2D eigenvalue weighted by molar-refractivity contribution is 7.92. The molecule has 1 aromatic heterocycles. The summed E-state index contributed by atoms with van der Waals surface area (Å²) in [5, 5.41) is 0.858. The molecule has 37 heavy (non-hydrogen) atoms. The third-order valence-corrected chi connectivity index (χ3v) is 7.18. The predicted molar refractivity (Wildman–Crippen MR) is 137 cm³/mol. The summed E-state index contributed by atoms with van der Waals surface area (Å²) in [5.74, 6) is -0.500. The van der Waals surface area contributed by atoms with Crippen LogP contribution in [-0.2, 0) is 16.6 Å². The van der Waals surface area contributed by atoms with E-state index in [0.29, 0.717) is 12.2 Å². The fourth-order valence-electron chi connectivity index (χ4n) is 4.15. The van der Waals surface area contributed by atoms with Crippen molar-refractivity contribution in [2.75, 3.05) is 4.72 Å². The van der Waals surface area contributed by atoms with Gasteiger partial charge in [0.1, 0.15) is 5.75 Å². The lowest BCUT2D eigenvalue weighted by Crippen LogP contribution is -2.17. The highest BCUT2D eigenvalue weighted by atomic mass is 32.2. The monoisotopic (exact) mass is 522 g/mol. The van der Waals surface area contributed by atoms with Gasteiger partial charge in [0.15, 0.2) is 0 Å². The molecule has 0 aliphatic carbocycles. The summed E-state index contributed by atoms with van der Waals surface area (Å²) >= 11 is 0. The fourth-order valence-corrected chi connectivity index (χ4v) is 5.20. The lowest BCUT2D eigenvalue weighted by atomic mass is 10.0. The van der Waals surface area contributed by atoms with E-state index in [1.54, 1.807) is 12.1 Å². The molecule has 9 heteroatoms. The van der Waals surface area contributed by atoms with Gasteiger partial charge in [-0.25, -0.2) is 8.42 Å².